The lowest BCUT2D eigenvalue weighted by atomic mass is 10.0. The number of nitrogen functional groups attached to an aromatic ring is 1. The van der Waals surface area contributed by atoms with E-state index in [0.717, 1.165) is 23.6 Å². The molecule has 5 heteroatoms. The highest BCUT2D eigenvalue weighted by Crippen LogP contribution is 2.20. The Morgan fingerprint density at radius 2 is 2.26 bits per heavy atom. The van der Waals surface area contributed by atoms with Gasteiger partial charge < -0.3 is 15.5 Å². The van der Waals surface area contributed by atoms with Gasteiger partial charge in [0.1, 0.15) is 11.7 Å². The van der Waals surface area contributed by atoms with Gasteiger partial charge in [-0.05, 0) is 45.5 Å². The van der Waals surface area contributed by atoms with Gasteiger partial charge in [-0.2, -0.15) is 0 Å². The Morgan fingerprint density at radius 3 is 2.89 bits per heavy atom. The van der Waals surface area contributed by atoms with Crippen LogP contribution in [0.15, 0.2) is 12.1 Å². The van der Waals surface area contributed by atoms with Crippen LogP contribution >= 0.6 is 0 Å². The molecule has 2 heterocycles. The Balaban J connectivity index is 2.22. The van der Waals surface area contributed by atoms with E-state index in [1.807, 2.05) is 19.1 Å². The highest BCUT2D eigenvalue weighted by molar-refractivity contribution is 5.95. The molecule has 104 valence electrons. The number of pyridine rings is 1. The van der Waals surface area contributed by atoms with Gasteiger partial charge in [0.05, 0.1) is 0 Å². The maximum absolute atomic E-state index is 7.57. The molecule has 1 unspecified atom stereocenters. The summed E-state index contributed by atoms with van der Waals surface area (Å²) in [5.41, 5.74) is 7.23. The molecule has 0 aliphatic carbocycles. The fourth-order valence-electron chi connectivity index (χ4n) is 2.63. The first-order valence-corrected chi connectivity index (χ1v) is 6.72. The van der Waals surface area contributed by atoms with Crippen molar-refractivity contribution in [3.05, 3.63) is 23.4 Å². The first-order valence-electron chi connectivity index (χ1n) is 6.72. The predicted molar refractivity (Wildman–Crippen MR) is 78.9 cm³/mol. The molecule has 1 aromatic heterocycles. The van der Waals surface area contributed by atoms with Crippen molar-refractivity contribution in [1.82, 2.24) is 9.88 Å². The Morgan fingerprint density at radius 1 is 1.53 bits per heavy atom. The number of hydrogen-bond acceptors (Lipinski definition) is 4. The van der Waals surface area contributed by atoms with Gasteiger partial charge in [0.15, 0.2) is 0 Å². The van der Waals surface area contributed by atoms with Crippen molar-refractivity contribution in [2.75, 3.05) is 32.1 Å². The maximum atomic E-state index is 7.57. The van der Waals surface area contributed by atoms with Gasteiger partial charge in [-0.25, -0.2) is 4.98 Å². The molecule has 2 rings (SSSR count). The monoisotopic (exact) mass is 261 g/mol. The molecule has 1 aliphatic rings. The largest absolute Gasteiger partial charge is 0.384 e. The molecule has 0 saturated carbocycles. The molecule has 0 spiro atoms. The van der Waals surface area contributed by atoms with E-state index in [9.17, 15) is 0 Å². The lowest BCUT2D eigenvalue weighted by Crippen LogP contribution is -2.45. The molecule has 1 fully saturated rings. The van der Waals surface area contributed by atoms with Crippen LogP contribution in [0.1, 0.15) is 24.1 Å². The summed E-state index contributed by atoms with van der Waals surface area (Å²) in [6.07, 6.45) is 2.41. The molecule has 1 saturated heterocycles. The van der Waals surface area contributed by atoms with E-state index in [1.54, 1.807) is 0 Å². The molecule has 1 aromatic rings. The van der Waals surface area contributed by atoms with Crippen molar-refractivity contribution in [1.29, 1.82) is 5.41 Å². The van der Waals surface area contributed by atoms with Gasteiger partial charge in [0, 0.05) is 30.9 Å². The number of amidine groups is 1. The third-order valence-corrected chi connectivity index (χ3v) is 3.76. The van der Waals surface area contributed by atoms with Crippen LogP contribution in [0.5, 0.6) is 0 Å². The van der Waals surface area contributed by atoms with Gasteiger partial charge in [-0.1, -0.05) is 0 Å². The summed E-state index contributed by atoms with van der Waals surface area (Å²) < 4.78 is 0. The van der Waals surface area contributed by atoms with E-state index in [-0.39, 0.29) is 5.84 Å². The van der Waals surface area contributed by atoms with Crippen LogP contribution in [0.4, 0.5) is 5.82 Å². The van der Waals surface area contributed by atoms with Gasteiger partial charge >= 0.3 is 0 Å². The minimum atomic E-state index is 0.0981. The third kappa shape index (κ3) is 3.23. The molecular formula is C14H23N5. The van der Waals surface area contributed by atoms with Crippen molar-refractivity contribution in [2.45, 2.75) is 25.8 Å². The minimum Gasteiger partial charge on any atom is -0.384 e. The van der Waals surface area contributed by atoms with Crippen LogP contribution in [-0.4, -0.2) is 48.9 Å². The fraction of sp³-hybridized carbons (Fsp3) is 0.571. The van der Waals surface area contributed by atoms with Crippen LogP contribution in [0, 0.1) is 12.3 Å². The molecule has 5 nitrogen and oxygen atoms in total. The predicted octanol–water partition coefficient (Wildman–Crippen LogP) is 1.20. The van der Waals surface area contributed by atoms with Crippen molar-refractivity contribution >= 4 is 11.7 Å². The van der Waals surface area contributed by atoms with Crippen molar-refractivity contribution in [3.63, 3.8) is 0 Å². The Bertz CT molecular complexity index is 471. The molecule has 19 heavy (non-hydrogen) atoms. The topological polar surface area (TPSA) is 69.2 Å². The lowest BCUT2D eigenvalue weighted by molar-refractivity contribution is 0.247. The zero-order chi connectivity index (χ0) is 14.0. The molecule has 0 amide bonds. The standard InChI is InChI=1S/C14H23N5/c1-10-7-11(14(15)16)8-13(17-10)19(3)12-5-4-6-18(2)9-12/h7-8,12H,4-6,9H2,1-3H3,(H3,15,16). The van der Waals surface area contributed by atoms with E-state index in [0.29, 0.717) is 6.04 Å². The molecule has 0 aromatic carbocycles. The van der Waals surface area contributed by atoms with Crippen molar-refractivity contribution in [2.24, 2.45) is 5.73 Å². The molecular weight excluding hydrogens is 238 g/mol. The number of likely N-dealkylation sites (N-methyl/N-ethyl adjacent to an activating group) is 2. The van der Waals surface area contributed by atoms with Crippen LogP contribution in [0.2, 0.25) is 0 Å². The van der Waals surface area contributed by atoms with Gasteiger partial charge in [-0.3, -0.25) is 5.41 Å². The summed E-state index contributed by atoms with van der Waals surface area (Å²) in [7, 11) is 4.24. The minimum absolute atomic E-state index is 0.0981. The van der Waals surface area contributed by atoms with Crippen LogP contribution in [-0.2, 0) is 0 Å². The molecule has 1 aliphatic heterocycles. The number of rotatable bonds is 3. The number of nitrogens with one attached hydrogen (secondary N) is 1. The summed E-state index contributed by atoms with van der Waals surface area (Å²) in [5.74, 6) is 1.01. The van der Waals surface area contributed by atoms with E-state index >= 15 is 0 Å². The van der Waals surface area contributed by atoms with Crippen molar-refractivity contribution < 1.29 is 0 Å². The van der Waals surface area contributed by atoms with E-state index in [4.69, 9.17) is 11.1 Å². The Hall–Kier alpha value is -1.62. The zero-order valence-electron chi connectivity index (χ0n) is 12.0. The van der Waals surface area contributed by atoms with Crippen LogP contribution < -0.4 is 10.6 Å². The number of anilines is 1. The second-order valence-corrected chi connectivity index (χ2v) is 5.44. The fourth-order valence-corrected chi connectivity index (χ4v) is 2.63. The number of nitrogens with zero attached hydrogens (tertiary/aromatic N) is 3. The van der Waals surface area contributed by atoms with Crippen LogP contribution in [0.3, 0.4) is 0 Å². The average molecular weight is 261 g/mol. The van der Waals surface area contributed by atoms with Gasteiger partial charge in [-0.15, -0.1) is 0 Å². The highest BCUT2D eigenvalue weighted by atomic mass is 15.2. The van der Waals surface area contributed by atoms with Gasteiger partial charge in [0.25, 0.3) is 0 Å². The number of aromatic nitrogens is 1. The number of likely N-dealkylation sites (tertiary alicyclic amines) is 1. The summed E-state index contributed by atoms with van der Waals surface area (Å²) in [5, 5.41) is 7.57. The second-order valence-electron chi connectivity index (χ2n) is 5.44. The van der Waals surface area contributed by atoms with E-state index < -0.39 is 0 Å². The summed E-state index contributed by atoms with van der Waals surface area (Å²) in [6.45, 7) is 4.17. The lowest BCUT2D eigenvalue weighted by Gasteiger charge is -2.36. The third-order valence-electron chi connectivity index (χ3n) is 3.76. The van der Waals surface area contributed by atoms with E-state index in [1.165, 1.54) is 19.4 Å². The highest BCUT2D eigenvalue weighted by Gasteiger charge is 2.22. The molecule has 1 atom stereocenters. The Kier molecular flexibility index (Phi) is 4.04. The molecule has 0 bridgehead atoms. The number of hydrogen-bond donors (Lipinski definition) is 2. The van der Waals surface area contributed by atoms with E-state index in [2.05, 4.69) is 28.9 Å². The van der Waals surface area contributed by atoms with Gasteiger partial charge in [0.2, 0.25) is 0 Å². The normalized spacial score (nSPS) is 20.3. The summed E-state index contributed by atoms with van der Waals surface area (Å²) in [6, 6.07) is 4.24. The number of piperidine rings is 1. The Labute approximate surface area is 114 Å². The number of nitrogens with two attached hydrogens (primary N) is 1. The average Bonchev–Trinajstić information content (AvgIpc) is 2.37. The summed E-state index contributed by atoms with van der Waals surface area (Å²) >= 11 is 0. The first-order chi connectivity index (χ1) is 8.97. The number of aryl methyl sites for hydroxylation is 1. The first kappa shape index (κ1) is 13.8. The quantitative estimate of drug-likeness (QED) is 0.634. The van der Waals surface area contributed by atoms with Crippen molar-refractivity contribution in [3.8, 4) is 0 Å². The maximum Gasteiger partial charge on any atom is 0.129 e. The molecule has 3 N–H and O–H groups in total. The second kappa shape index (κ2) is 5.57. The summed E-state index contributed by atoms with van der Waals surface area (Å²) in [4.78, 5) is 9.14. The SMILES string of the molecule is Cc1cc(C(=N)N)cc(N(C)C2CCCN(C)C2)n1. The smallest absolute Gasteiger partial charge is 0.129 e. The zero-order valence-corrected chi connectivity index (χ0v) is 12.0. The van der Waals surface area contributed by atoms with Crippen LogP contribution in [0.25, 0.3) is 0 Å². The molecule has 0 radical (unpaired) electrons.